The number of esters is 2. The molecule has 19 heavy (non-hydrogen) atoms. The molecule has 0 aromatic rings. The number of methoxy groups -OCH3 is 1. The fourth-order valence-corrected chi connectivity index (χ4v) is 1.67. The van der Waals surface area contributed by atoms with Gasteiger partial charge in [0.25, 0.3) is 0 Å². The van der Waals surface area contributed by atoms with E-state index in [4.69, 9.17) is 19.9 Å². The Hall–Kier alpha value is -1.18. The van der Waals surface area contributed by atoms with Crippen molar-refractivity contribution in [2.75, 3.05) is 26.9 Å². The van der Waals surface area contributed by atoms with E-state index in [2.05, 4.69) is 4.74 Å². The molecule has 3 atom stereocenters. The van der Waals surface area contributed by atoms with Gasteiger partial charge in [0.2, 0.25) is 0 Å². The normalized spacial score (nSPS) is 28.8. The van der Waals surface area contributed by atoms with E-state index in [-0.39, 0.29) is 31.7 Å². The molecule has 0 spiro atoms. The molecule has 7 nitrogen and oxygen atoms in total. The lowest BCUT2D eigenvalue weighted by molar-refractivity contribution is -0.158. The molecule has 1 fully saturated rings. The van der Waals surface area contributed by atoms with Crippen LogP contribution in [0.1, 0.15) is 19.8 Å². The maximum Gasteiger partial charge on any atom is 0.325 e. The largest absolute Gasteiger partial charge is 0.469 e. The van der Waals surface area contributed by atoms with E-state index >= 15 is 0 Å². The van der Waals surface area contributed by atoms with Gasteiger partial charge in [-0.25, -0.2) is 0 Å². The second kappa shape index (κ2) is 8.08. The van der Waals surface area contributed by atoms with Crippen molar-refractivity contribution in [3.63, 3.8) is 0 Å². The summed E-state index contributed by atoms with van der Waals surface area (Å²) in [7, 11) is 1.32. The summed E-state index contributed by atoms with van der Waals surface area (Å²) >= 11 is 0. The van der Waals surface area contributed by atoms with Crippen LogP contribution in [0.2, 0.25) is 0 Å². The number of nitrogens with two attached hydrogens (primary N) is 1. The molecule has 0 saturated carbocycles. The number of cyclic esters (lactones) is 1. The highest BCUT2D eigenvalue weighted by Gasteiger charge is 2.27. The molecule has 2 N–H and O–H groups in total. The van der Waals surface area contributed by atoms with Crippen molar-refractivity contribution in [2.24, 2.45) is 5.73 Å². The molecular formula is C12H21NO6. The van der Waals surface area contributed by atoms with Crippen LogP contribution in [0.15, 0.2) is 0 Å². The van der Waals surface area contributed by atoms with Crippen molar-refractivity contribution in [3.8, 4) is 0 Å². The molecule has 1 heterocycles. The Bertz CT molecular complexity index is 309. The van der Waals surface area contributed by atoms with Gasteiger partial charge in [-0.3, -0.25) is 9.59 Å². The van der Waals surface area contributed by atoms with Crippen LogP contribution in [0.3, 0.4) is 0 Å². The third kappa shape index (κ3) is 5.54. The van der Waals surface area contributed by atoms with Crippen molar-refractivity contribution >= 4 is 11.9 Å². The van der Waals surface area contributed by atoms with Crippen molar-refractivity contribution < 1.29 is 28.5 Å². The SMILES string of the molecule is COC(=O)CCO[C@@H]1CCOC[C@H](N)C(=O)O[C@H]1C. The summed E-state index contributed by atoms with van der Waals surface area (Å²) in [6.45, 7) is 2.52. The fourth-order valence-electron chi connectivity index (χ4n) is 1.67. The van der Waals surface area contributed by atoms with Crippen LogP contribution in [0, 0.1) is 0 Å². The van der Waals surface area contributed by atoms with E-state index in [9.17, 15) is 9.59 Å². The van der Waals surface area contributed by atoms with Crippen LogP contribution in [0.25, 0.3) is 0 Å². The zero-order valence-electron chi connectivity index (χ0n) is 11.3. The smallest absolute Gasteiger partial charge is 0.325 e. The third-order valence-electron chi connectivity index (χ3n) is 2.84. The van der Waals surface area contributed by atoms with Gasteiger partial charge >= 0.3 is 11.9 Å². The number of hydrogen-bond donors (Lipinski definition) is 1. The highest BCUT2D eigenvalue weighted by atomic mass is 16.6. The minimum absolute atomic E-state index is 0.139. The van der Waals surface area contributed by atoms with E-state index in [1.165, 1.54) is 7.11 Å². The van der Waals surface area contributed by atoms with Crippen LogP contribution in [0.4, 0.5) is 0 Å². The predicted octanol–water partition coefficient (Wildman–Crippen LogP) is -0.386. The molecule has 1 aliphatic rings. The summed E-state index contributed by atoms with van der Waals surface area (Å²) in [6.07, 6.45) is -0.0204. The Morgan fingerprint density at radius 3 is 2.95 bits per heavy atom. The van der Waals surface area contributed by atoms with Crippen LogP contribution >= 0.6 is 0 Å². The molecule has 110 valence electrons. The summed E-state index contributed by atoms with van der Waals surface area (Å²) in [5.41, 5.74) is 5.58. The van der Waals surface area contributed by atoms with E-state index in [1.54, 1.807) is 6.92 Å². The Labute approximate surface area is 112 Å². The quantitative estimate of drug-likeness (QED) is 0.698. The van der Waals surface area contributed by atoms with Gasteiger partial charge in [-0.1, -0.05) is 0 Å². The van der Waals surface area contributed by atoms with Gasteiger partial charge in [0.15, 0.2) is 0 Å². The number of rotatable bonds is 4. The van der Waals surface area contributed by atoms with Crippen LogP contribution in [-0.4, -0.2) is 57.1 Å². The lowest BCUT2D eigenvalue weighted by Gasteiger charge is -2.23. The summed E-state index contributed by atoms with van der Waals surface area (Å²) in [5, 5.41) is 0. The van der Waals surface area contributed by atoms with Gasteiger partial charge in [-0.05, 0) is 6.92 Å². The van der Waals surface area contributed by atoms with E-state index < -0.39 is 18.1 Å². The van der Waals surface area contributed by atoms with Crippen LogP contribution in [-0.2, 0) is 28.5 Å². The van der Waals surface area contributed by atoms with Crippen molar-refractivity contribution in [1.82, 2.24) is 0 Å². The van der Waals surface area contributed by atoms with Crippen LogP contribution < -0.4 is 5.73 Å². The highest BCUT2D eigenvalue weighted by molar-refractivity contribution is 5.75. The van der Waals surface area contributed by atoms with Crippen molar-refractivity contribution in [3.05, 3.63) is 0 Å². The molecule has 1 rings (SSSR count). The minimum Gasteiger partial charge on any atom is -0.469 e. The van der Waals surface area contributed by atoms with Gasteiger partial charge < -0.3 is 24.7 Å². The van der Waals surface area contributed by atoms with E-state index in [0.29, 0.717) is 13.0 Å². The van der Waals surface area contributed by atoms with E-state index in [0.717, 1.165) is 0 Å². The number of ether oxygens (including phenoxy) is 4. The van der Waals surface area contributed by atoms with Gasteiger partial charge in [0.1, 0.15) is 12.1 Å². The lowest BCUT2D eigenvalue weighted by Crippen LogP contribution is -2.39. The topological polar surface area (TPSA) is 97.1 Å². The molecule has 7 heteroatoms. The molecule has 0 aliphatic carbocycles. The molecule has 0 aromatic carbocycles. The second-order valence-electron chi connectivity index (χ2n) is 4.35. The number of carbonyl (C=O) groups is 2. The zero-order chi connectivity index (χ0) is 14.3. The first-order valence-corrected chi connectivity index (χ1v) is 6.26. The zero-order valence-corrected chi connectivity index (χ0v) is 11.3. The Balaban J connectivity index is 2.45. The number of hydrogen-bond acceptors (Lipinski definition) is 7. The minimum atomic E-state index is -0.767. The molecule has 0 radical (unpaired) electrons. The third-order valence-corrected chi connectivity index (χ3v) is 2.84. The van der Waals surface area contributed by atoms with Crippen molar-refractivity contribution in [2.45, 2.75) is 38.0 Å². The molecule has 0 aromatic heterocycles. The standard InChI is InChI=1S/C12H21NO6/c1-8-10(18-6-4-11(14)16-2)3-5-17-7-9(13)12(15)19-8/h8-10H,3-7,13H2,1-2H3/t8-,9-,10+/m0/s1. The first kappa shape index (κ1) is 15.9. The monoisotopic (exact) mass is 275 g/mol. The Morgan fingerprint density at radius 2 is 2.26 bits per heavy atom. The molecule has 0 unspecified atom stereocenters. The van der Waals surface area contributed by atoms with Crippen molar-refractivity contribution in [1.29, 1.82) is 0 Å². The van der Waals surface area contributed by atoms with Gasteiger partial charge in [-0.15, -0.1) is 0 Å². The van der Waals surface area contributed by atoms with Gasteiger partial charge in [0, 0.05) is 13.0 Å². The second-order valence-corrected chi connectivity index (χ2v) is 4.35. The average molecular weight is 275 g/mol. The summed E-state index contributed by atoms with van der Waals surface area (Å²) in [5.74, 6) is -0.845. The Kier molecular flexibility index (Phi) is 6.75. The summed E-state index contributed by atoms with van der Waals surface area (Å²) in [4.78, 5) is 22.5. The summed E-state index contributed by atoms with van der Waals surface area (Å²) in [6, 6.07) is -0.767. The van der Waals surface area contributed by atoms with Gasteiger partial charge in [0.05, 0.1) is 32.8 Å². The Morgan fingerprint density at radius 1 is 1.53 bits per heavy atom. The molecule has 0 bridgehead atoms. The molecule has 1 aliphatic heterocycles. The lowest BCUT2D eigenvalue weighted by atomic mass is 10.1. The molecular weight excluding hydrogens is 254 g/mol. The average Bonchev–Trinajstić information content (AvgIpc) is 2.44. The first-order valence-electron chi connectivity index (χ1n) is 6.26. The van der Waals surface area contributed by atoms with Gasteiger partial charge in [-0.2, -0.15) is 0 Å². The summed E-state index contributed by atoms with van der Waals surface area (Å²) < 4.78 is 20.5. The maximum absolute atomic E-state index is 11.5. The molecule has 0 amide bonds. The predicted molar refractivity (Wildman–Crippen MR) is 65.3 cm³/mol. The highest BCUT2D eigenvalue weighted by Crippen LogP contribution is 2.12. The maximum atomic E-state index is 11.5. The van der Waals surface area contributed by atoms with E-state index in [1.807, 2.05) is 0 Å². The first-order chi connectivity index (χ1) is 9.04. The fraction of sp³-hybridized carbons (Fsp3) is 0.833. The number of carbonyl (C=O) groups excluding carboxylic acids is 2. The van der Waals surface area contributed by atoms with Crippen LogP contribution in [0.5, 0.6) is 0 Å². The molecule has 1 saturated heterocycles.